The fourth-order valence-electron chi connectivity index (χ4n) is 2.73. The zero-order chi connectivity index (χ0) is 18.2. The Balaban J connectivity index is 1.58. The highest BCUT2D eigenvalue weighted by Gasteiger charge is 2.12. The molecule has 4 nitrogen and oxygen atoms in total. The first-order valence-corrected chi connectivity index (χ1v) is 9.63. The molecule has 1 atom stereocenters. The van der Waals surface area contributed by atoms with E-state index in [1.807, 2.05) is 35.7 Å². The lowest BCUT2D eigenvalue weighted by atomic mass is 9.96. The third-order valence-corrected chi connectivity index (χ3v) is 4.87. The van der Waals surface area contributed by atoms with E-state index in [1.54, 1.807) is 17.6 Å². The van der Waals surface area contributed by atoms with Gasteiger partial charge in [-0.25, -0.2) is 4.98 Å². The van der Waals surface area contributed by atoms with Crippen LogP contribution >= 0.6 is 11.3 Å². The van der Waals surface area contributed by atoms with Gasteiger partial charge in [-0.15, -0.1) is 11.3 Å². The van der Waals surface area contributed by atoms with Gasteiger partial charge in [-0.1, -0.05) is 43.3 Å². The van der Waals surface area contributed by atoms with Gasteiger partial charge in [0, 0.05) is 23.4 Å². The molecule has 3 aromatic rings. The molecule has 0 aliphatic carbocycles. The van der Waals surface area contributed by atoms with Crippen LogP contribution in [0.4, 0.5) is 0 Å². The molecule has 0 aliphatic heterocycles. The number of carbonyl (C=O) groups is 1. The number of benzene rings is 2. The Morgan fingerprint density at radius 3 is 2.77 bits per heavy atom. The van der Waals surface area contributed by atoms with Gasteiger partial charge < -0.3 is 10.1 Å². The summed E-state index contributed by atoms with van der Waals surface area (Å²) in [6.45, 7) is 3.15. The van der Waals surface area contributed by atoms with Gasteiger partial charge in [0.15, 0.2) is 0 Å². The van der Waals surface area contributed by atoms with E-state index in [9.17, 15) is 4.79 Å². The van der Waals surface area contributed by atoms with Crippen molar-refractivity contribution in [1.82, 2.24) is 10.3 Å². The normalized spacial score (nSPS) is 11.7. The summed E-state index contributed by atoms with van der Waals surface area (Å²) in [4.78, 5) is 16.7. The number of carbonyl (C=O) groups excluding carboxylic acids is 1. The molecular formula is C21H22N2O2S. The van der Waals surface area contributed by atoms with Gasteiger partial charge in [0.1, 0.15) is 12.4 Å². The number of hydrogen-bond donors (Lipinski definition) is 1. The number of hydrogen-bond acceptors (Lipinski definition) is 4. The molecule has 0 saturated heterocycles. The van der Waals surface area contributed by atoms with Crippen molar-refractivity contribution in [3.63, 3.8) is 0 Å². The minimum atomic E-state index is -0.0847. The zero-order valence-electron chi connectivity index (χ0n) is 14.7. The largest absolute Gasteiger partial charge is 0.487 e. The molecule has 0 fully saturated rings. The van der Waals surface area contributed by atoms with Crippen LogP contribution in [0.5, 0.6) is 5.75 Å². The summed E-state index contributed by atoms with van der Waals surface area (Å²) >= 11 is 1.54. The highest BCUT2D eigenvalue weighted by Crippen LogP contribution is 2.19. The molecule has 1 amide bonds. The maximum Gasteiger partial charge on any atom is 0.251 e. The van der Waals surface area contributed by atoms with Crippen LogP contribution in [0.2, 0.25) is 0 Å². The quantitative estimate of drug-likeness (QED) is 0.631. The van der Waals surface area contributed by atoms with E-state index in [1.165, 1.54) is 16.9 Å². The topological polar surface area (TPSA) is 51.2 Å². The van der Waals surface area contributed by atoms with Crippen molar-refractivity contribution in [2.24, 2.45) is 0 Å². The summed E-state index contributed by atoms with van der Waals surface area (Å²) in [5.41, 5.74) is 4.51. The van der Waals surface area contributed by atoms with E-state index in [0.29, 0.717) is 30.4 Å². The van der Waals surface area contributed by atoms with Crippen molar-refractivity contribution in [2.75, 3.05) is 6.54 Å². The van der Waals surface area contributed by atoms with E-state index in [0.717, 1.165) is 12.1 Å². The molecule has 0 saturated carbocycles. The average molecular weight is 366 g/mol. The van der Waals surface area contributed by atoms with Crippen LogP contribution in [0, 0.1) is 0 Å². The van der Waals surface area contributed by atoms with Crippen LogP contribution in [-0.4, -0.2) is 17.4 Å². The van der Waals surface area contributed by atoms with Crippen LogP contribution in [0.1, 0.15) is 40.9 Å². The number of ether oxygens (including phenoxy) is 1. The molecule has 0 bridgehead atoms. The molecule has 5 heteroatoms. The Bertz CT molecular complexity index is 819. The fourth-order valence-corrected chi connectivity index (χ4v) is 3.28. The van der Waals surface area contributed by atoms with Crippen molar-refractivity contribution < 1.29 is 9.53 Å². The molecule has 3 rings (SSSR count). The highest BCUT2D eigenvalue weighted by atomic mass is 32.1. The maximum atomic E-state index is 12.5. The van der Waals surface area contributed by atoms with Crippen molar-refractivity contribution in [3.8, 4) is 5.75 Å². The number of thiazole rings is 1. The third-order valence-electron chi connectivity index (χ3n) is 4.24. The summed E-state index contributed by atoms with van der Waals surface area (Å²) in [6, 6.07) is 17.5. The fraction of sp³-hybridized carbons (Fsp3) is 0.238. The molecule has 0 aliphatic rings. The van der Waals surface area contributed by atoms with Gasteiger partial charge in [-0.2, -0.15) is 0 Å². The van der Waals surface area contributed by atoms with Crippen LogP contribution in [0.15, 0.2) is 65.5 Å². The molecule has 1 aromatic heterocycles. The van der Waals surface area contributed by atoms with Crippen LogP contribution in [-0.2, 0) is 6.61 Å². The number of nitrogens with one attached hydrogen (secondary N) is 1. The lowest BCUT2D eigenvalue weighted by Crippen LogP contribution is -2.28. The number of aromatic nitrogens is 1. The van der Waals surface area contributed by atoms with Gasteiger partial charge in [0.25, 0.3) is 5.91 Å². The van der Waals surface area contributed by atoms with E-state index in [-0.39, 0.29) is 5.91 Å². The molecule has 1 unspecified atom stereocenters. The van der Waals surface area contributed by atoms with Gasteiger partial charge in [-0.05, 0) is 30.2 Å². The molecule has 0 radical (unpaired) electrons. The van der Waals surface area contributed by atoms with Gasteiger partial charge in [0.05, 0.1) is 11.2 Å². The molecule has 1 N–H and O–H groups in total. The van der Waals surface area contributed by atoms with Crippen LogP contribution < -0.4 is 10.1 Å². The van der Waals surface area contributed by atoms with Crippen LogP contribution in [0.25, 0.3) is 0 Å². The first kappa shape index (κ1) is 18.1. The second-order valence-corrected chi connectivity index (χ2v) is 6.74. The van der Waals surface area contributed by atoms with Crippen LogP contribution in [0.3, 0.4) is 0 Å². The van der Waals surface area contributed by atoms with Gasteiger partial charge in [0.2, 0.25) is 0 Å². The number of amides is 1. The lowest BCUT2D eigenvalue weighted by Gasteiger charge is -2.16. The van der Waals surface area contributed by atoms with E-state index >= 15 is 0 Å². The van der Waals surface area contributed by atoms with Gasteiger partial charge >= 0.3 is 0 Å². The van der Waals surface area contributed by atoms with Crippen molar-refractivity contribution in [2.45, 2.75) is 25.9 Å². The maximum absolute atomic E-state index is 12.5. The summed E-state index contributed by atoms with van der Waals surface area (Å²) in [7, 11) is 0. The Morgan fingerprint density at radius 2 is 2.04 bits per heavy atom. The minimum absolute atomic E-state index is 0.0847. The molecule has 1 heterocycles. The molecule has 2 aromatic carbocycles. The van der Waals surface area contributed by atoms with Gasteiger partial charge in [-0.3, -0.25) is 4.79 Å². The third kappa shape index (κ3) is 4.92. The van der Waals surface area contributed by atoms with Crippen molar-refractivity contribution >= 4 is 17.2 Å². The monoisotopic (exact) mass is 366 g/mol. The van der Waals surface area contributed by atoms with E-state index < -0.39 is 0 Å². The molecule has 134 valence electrons. The van der Waals surface area contributed by atoms with Crippen molar-refractivity contribution in [1.29, 1.82) is 0 Å². The Labute approximate surface area is 157 Å². The lowest BCUT2D eigenvalue weighted by molar-refractivity contribution is 0.0950. The second kappa shape index (κ2) is 9.15. The second-order valence-electron chi connectivity index (χ2n) is 6.02. The Hall–Kier alpha value is -2.66. The van der Waals surface area contributed by atoms with E-state index in [2.05, 4.69) is 29.4 Å². The smallest absolute Gasteiger partial charge is 0.251 e. The number of rotatable bonds is 8. The highest BCUT2D eigenvalue weighted by molar-refractivity contribution is 7.07. The zero-order valence-corrected chi connectivity index (χ0v) is 15.5. The summed E-state index contributed by atoms with van der Waals surface area (Å²) in [6.07, 6.45) is 0.973. The predicted molar refractivity (Wildman–Crippen MR) is 105 cm³/mol. The summed E-state index contributed by atoms with van der Waals surface area (Å²) in [5.74, 6) is 0.892. The predicted octanol–water partition coefficient (Wildman–Crippen LogP) is 4.65. The summed E-state index contributed by atoms with van der Waals surface area (Å²) < 4.78 is 5.72. The molecular weight excluding hydrogens is 344 g/mol. The van der Waals surface area contributed by atoms with Crippen molar-refractivity contribution in [3.05, 3.63) is 82.3 Å². The Morgan fingerprint density at radius 1 is 1.19 bits per heavy atom. The molecule has 0 spiro atoms. The first-order valence-electron chi connectivity index (χ1n) is 8.69. The first-order chi connectivity index (χ1) is 12.8. The minimum Gasteiger partial charge on any atom is -0.487 e. The average Bonchev–Trinajstić information content (AvgIpc) is 3.21. The molecule has 26 heavy (non-hydrogen) atoms. The van der Waals surface area contributed by atoms with E-state index in [4.69, 9.17) is 4.74 Å². The Kier molecular flexibility index (Phi) is 6.39. The number of nitrogens with zero attached hydrogens (tertiary/aromatic N) is 1. The SMILES string of the molecule is CCC(CNC(=O)c1cccc(OCc2cscn2)c1)c1ccccc1. The summed E-state index contributed by atoms with van der Waals surface area (Å²) in [5, 5.41) is 4.99. The standard InChI is InChI=1S/C21H22N2O2S/c1-2-16(17-7-4-3-5-8-17)12-22-21(24)18-9-6-10-20(11-18)25-13-19-14-26-15-23-19/h3-11,14-16H,2,12-13H2,1H3,(H,22,24).